The van der Waals surface area contributed by atoms with Crippen LogP contribution in [-0.2, 0) is 22.6 Å². The van der Waals surface area contributed by atoms with Crippen LogP contribution < -0.4 is 5.32 Å². The van der Waals surface area contributed by atoms with Crippen molar-refractivity contribution in [1.82, 2.24) is 10.2 Å². The van der Waals surface area contributed by atoms with Gasteiger partial charge in [0.15, 0.2) is 0 Å². The molecule has 0 aromatic heterocycles. The first-order valence-electron chi connectivity index (χ1n) is 11.7. The number of halogens is 3. The third-order valence-corrected chi connectivity index (χ3v) is 7.31. The average Bonchev–Trinajstić information content (AvgIpc) is 2.84. The fourth-order valence-corrected chi connectivity index (χ4v) is 5.13. The van der Waals surface area contributed by atoms with Crippen molar-refractivity contribution in [1.29, 1.82) is 0 Å². The van der Waals surface area contributed by atoms with Crippen molar-refractivity contribution in [3.63, 3.8) is 0 Å². The number of hydrogen-bond donors (Lipinski definition) is 1. The molecule has 36 heavy (non-hydrogen) atoms. The predicted octanol–water partition coefficient (Wildman–Crippen LogP) is 7.29. The van der Waals surface area contributed by atoms with Gasteiger partial charge in [0.1, 0.15) is 6.04 Å². The van der Waals surface area contributed by atoms with E-state index in [-0.39, 0.29) is 30.8 Å². The maximum absolute atomic E-state index is 13.6. The van der Waals surface area contributed by atoms with Crippen molar-refractivity contribution in [2.45, 2.75) is 50.2 Å². The molecule has 0 radical (unpaired) electrons. The van der Waals surface area contributed by atoms with Gasteiger partial charge in [0, 0.05) is 51.1 Å². The van der Waals surface area contributed by atoms with Gasteiger partial charge in [-0.3, -0.25) is 9.59 Å². The van der Waals surface area contributed by atoms with E-state index >= 15 is 0 Å². The molecule has 0 bridgehead atoms. The molecule has 0 aliphatic carbocycles. The lowest BCUT2D eigenvalue weighted by Crippen LogP contribution is -2.51. The van der Waals surface area contributed by atoms with Gasteiger partial charge in [-0.15, -0.1) is 11.8 Å². The smallest absolute Gasteiger partial charge is 0.243 e. The Balaban J connectivity index is 1.87. The van der Waals surface area contributed by atoms with Crippen molar-refractivity contribution >= 4 is 58.4 Å². The largest absolute Gasteiger partial charge is 0.352 e. The van der Waals surface area contributed by atoms with E-state index in [2.05, 4.69) is 5.32 Å². The number of carbonyl (C=O) groups is 2. The zero-order valence-electron chi connectivity index (χ0n) is 20.2. The maximum Gasteiger partial charge on any atom is 0.243 e. The summed E-state index contributed by atoms with van der Waals surface area (Å²) in [6.45, 7) is 4.01. The lowest BCUT2D eigenvalue weighted by Gasteiger charge is -2.32. The van der Waals surface area contributed by atoms with E-state index in [0.29, 0.717) is 27.2 Å². The van der Waals surface area contributed by atoms with E-state index in [9.17, 15) is 9.59 Å². The van der Waals surface area contributed by atoms with Crippen molar-refractivity contribution in [3.8, 4) is 0 Å². The van der Waals surface area contributed by atoms with E-state index in [4.69, 9.17) is 34.8 Å². The average molecular weight is 564 g/mol. The fraction of sp³-hybridized carbons (Fsp3) is 0.286. The number of hydrogen-bond acceptors (Lipinski definition) is 3. The minimum Gasteiger partial charge on any atom is -0.352 e. The highest BCUT2D eigenvalue weighted by Crippen LogP contribution is 2.26. The Hall–Kier alpha value is -2.18. The van der Waals surface area contributed by atoms with E-state index in [0.717, 1.165) is 16.0 Å². The number of benzene rings is 3. The van der Waals surface area contributed by atoms with Gasteiger partial charge in [0.2, 0.25) is 11.8 Å². The van der Waals surface area contributed by atoms with Gasteiger partial charge < -0.3 is 10.2 Å². The minimum absolute atomic E-state index is 0.0627. The van der Waals surface area contributed by atoms with Crippen LogP contribution in [0.4, 0.5) is 0 Å². The molecule has 0 unspecified atom stereocenters. The molecule has 0 aliphatic heterocycles. The highest BCUT2D eigenvalue weighted by atomic mass is 35.5. The molecular formula is C28H29Cl3N2O2S. The summed E-state index contributed by atoms with van der Waals surface area (Å²) in [5, 5.41) is 4.63. The van der Waals surface area contributed by atoms with Crippen molar-refractivity contribution in [3.05, 3.63) is 99.0 Å². The van der Waals surface area contributed by atoms with Crippen LogP contribution >= 0.6 is 46.6 Å². The first-order valence-corrected chi connectivity index (χ1v) is 13.8. The molecule has 8 heteroatoms. The number of nitrogens with zero attached hydrogens (tertiary/aromatic N) is 1. The van der Waals surface area contributed by atoms with Crippen LogP contribution in [-0.4, -0.2) is 34.6 Å². The molecule has 190 valence electrons. The third-order valence-electron chi connectivity index (χ3n) is 5.46. The van der Waals surface area contributed by atoms with E-state index in [1.54, 1.807) is 34.9 Å². The summed E-state index contributed by atoms with van der Waals surface area (Å²) in [4.78, 5) is 29.7. The molecule has 0 heterocycles. The second-order valence-corrected chi connectivity index (χ2v) is 11.1. The van der Waals surface area contributed by atoms with Crippen molar-refractivity contribution < 1.29 is 9.59 Å². The molecule has 3 aromatic rings. The SMILES string of the molecule is CC(C)NC(=O)[C@@H](Cc1ccccc1)N(Cc1ccc(Cl)cc1Cl)C(=O)CCSc1ccc(Cl)cc1. The molecule has 3 aromatic carbocycles. The zero-order chi connectivity index (χ0) is 26.1. The highest BCUT2D eigenvalue weighted by Gasteiger charge is 2.31. The van der Waals surface area contributed by atoms with E-state index in [1.807, 2.05) is 68.4 Å². The van der Waals surface area contributed by atoms with Crippen LogP contribution in [0.5, 0.6) is 0 Å². The number of carbonyl (C=O) groups excluding carboxylic acids is 2. The molecule has 4 nitrogen and oxygen atoms in total. The lowest BCUT2D eigenvalue weighted by atomic mass is 10.0. The molecule has 2 amide bonds. The Morgan fingerprint density at radius 3 is 2.22 bits per heavy atom. The van der Waals surface area contributed by atoms with Gasteiger partial charge in [-0.1, -0.05) is 71.2 Å². The van der Waals surface area contributed by atoms with Gasteiger partial charge in [0.05, 0.1) is 0 Å². The van der Waals surface area contributed by atoms with Crippen LogP contribution in [0.3, 0.4) is 0 Å². The first-order chi connectivity index (χ1) is 17.2. The molecule has 0 saturated carbocycles. The topological polar surface area (TPSA) is 49.4 Å². The standard InChI is InChI=1S/C28H29Cl3N2O2S/c1-19(2)32-28(35)26(16-20-6-4-3-5-7-20)33(18-21-8-9-23(30)17-25(21)31)27(34)14-15-36-24-12-10-22(29)11-13-24/h3-13,17,19,26H,14-16,18H2,1-2H3,(H,32,35)/t26-/m1/s1. The molecule has 0 spiro atoms. The van der Waals surface area contributed by atoms with Gasteiger partial charge >= 0.3 is 0 Å². The summed E-state index contributed by atoms with van der Waals surface area (Å²) in [6, 6.07) is 21.6. The quantitative estimate of drug-likeness (QED) is 0.249. The van der Waals surface area contributed by atoms with Gasteiger partial charge in [-0.2, -0.15) is 0 Å². The Bertz CT molecular complexity index is 1160. The van der Waals surface area contributed by atoms with Crippen molar-refractivity contribution in [2.24, 2.45) is 0 Å². The predicted molar refractivity (Wildman–Crippen MR) is 151 cm³/mol. The van der Waals surface area contributed by atoms with Gasteiger partial charge in [0.25, 0.3) is 0 Å². The number of amides is 2. The normalized spacial score (nSPS) is 11.8. The van der Waals surface area contributed by atoms with E-state index in [1.165, 1.54) is 0 Å². The van der Waals surface area contributed by atoms with Gasteiger partial charge in [-0.05, 0) is 61.4 Å². The number of rotatable bonds is 11. The Kier molecular flexibility index (Phi) is 11.0. The lowest BCUT2D eigenvalue weighted by molar-refractivity contribution is -0.141. The molecule has 1 N–H and O–H groups in total. The summed E-state index contributed by atoms with van der Waals surface area (Å²) in [6.07, 6.45) is 0.652. The van der Waals surface area contributed by atoms with Crippen LogP contribution in [0.2, 0.25) is 15.1 Å². The minimum atomic E-state index is -0.699. The van der Waals surface area contributed by atoms with Crippen LogP contribution in [0.25, 0.3) is 0 Å². The Labute approximate surface area is 232 Å². The molecule has 1 atom stereocenters. The second-order valence-electron chi connectivity index (χ2n) is 8.68. The molecule has 0 aliphatic rings. The summed E-state index contributed by atoms with van der Waals surface area (Å²) in [5.41, 5.74) is 1.70. The Morgan fingerprint density at radius 2 is 1.58 bits per heavy atom. The number of nitrogens with one attached hydrogen (secondary N) is 1. The first kappa shape index (κ1) is 28.4. The summed E-state index contributed by atoms with van der Waals surface area (Å²) >= 11 is 20.1. The van der Waals surface area contributed by atoms with Crippen LogP contribution in [0.1, 0.15) is 31.4 Å². The van der Waals surface area contributed by atoms with Crippen LogP contribution in [0, 0.1) is 0 Å². The second kappa shape index (κ2) is 13.9. The third kappa shape index (κ3) is 8.74. The summed E-state index contributed by atoms with van der Waals surface area (Å²) in [5.74, 6) is 0.245. The molecule has 0 saturated heterocycles. The van der Waals surface area contributed by atoms with Gasteiger partial charge in [-0.25, -0.2) is 0 Å². The summed E-state index contributed by atoms with van der Waals surface area (Å²) < 4.78 is 0. The monoisotopic (exact) mass is 562 g/mol. The Morgan fingerprint density at radius 1 is 0.917 bits per heavy atom. The van der Waals surface area contributed by atoms with Crippen molar-refractivity contribution in [2.75, 3.05) is 5.75 Å². The highest BCUT2D eigenvalue weighted by molar-refractivity contribution is 7.99. The molecule has 0 fully saturated rings. The van der Waals surface area contributed by atoms with Crippen LogP contribution in [0.15, 0.2) is 77.7 Å². The van der Waals surface area contributed by atoms with E-state index < -0.39 is 6.04 Å². The maximum atomic E-state index is 13.6. The zero-order valence-corrected chi connectivity index (χ0v) is 23.3. The summed E-state index contributed by atoms with van der Waals surface area (Å²) in [7, 11) is 0. The molecule has 3 rings (SSSR count). The number of thioether (sulfide) groups is 1. The fourth-order valence-electron chi connectivity index (χ4n) is 3.70. The molecular weight excluding hydrogens is 535 g/mol.